The van der Waals surface area contributed by atoms with Gasteiger partial charge in [-0.25, -0.2) is 0 Å². The van der Waals surface area contributed by atoms with E-state index < -0.39 is 0 Å². The SMILES string of the molecule is CN=C(NCCCCN1CCCCC1C)NCC(C(C)C)N1CCOCC1. The molecule has 0 saturated carbocycles. The molecule has 0 amide bonds. The van der Waals surface area contributed by atoms with Gasteiger partial charge in [0.15, 0.2) is 5.96 Å². The van der Waals surface area contributed by atoms with E-state index in [0.29, 0.717) is 12.0 Å². The Hall–Kier alpha value is -0.850. The summed E-state index contributed by atoms with van der Waals surface area (Å²) in [5.41, 5.74) is 0. The van der Waals surface area contributed by atoms with Gasteiger partial charge in [0.1, 0.15) is 0 Å². The Bertz CT molecular complexity index is 423. The lowest BCUT2D eigenvalue weighted by molar-refractivity contribution is 0.00752. The molecular weight excluding hydrogens is 338 g/mol. The van der Waals surface area contributed by atoms with Gasteiger partial charge in [-0.1, -0.05) is 20.3 Å². The second-order valence-corrected chi connectivity index (χ2v) is 8.43. The molecule has 0 aliphatic carbocycles. The first-order valence-electron chi connectivity index (χ1n) is 11.1. The summed E-state index contributed by atoms with van der Waals surface area (Å²) in [6.07, 6.45) is 6.61. The molecule has 0 aromatic carbocycles. The lowest BCUT2D eigenvalue weighted by Gasteiger charge is -2.37. The van der Waals surface area contributed by atoms with Crippen LogP contribution in [-0.4, -0.2) is 87.4 Å². The first-order valence-corrected chi connectivity index (χ1v) is 11.1. The first kappa shape index (κ1) is 22.4. The number of aliphatic imine (C=N–C) groups is 1. The van der Waals surface area contributed by atoms with E-state index in [1.54, 1.807) is 0 Å². The molecule has 158 valence electrons. The minimum atomic E-state index is 0.521. The van der Waals surface area contributed by atoms with Crippen LogP contribution in [-0.2, 0) is 4.74 Å². The van der Waals surface area contributed by atoms with Crippen molar-refractivity contribution in [1.29, 1.82) is 0 Å². The maximum absolute atomic E-state index is 5.50. The van der Waals surface area contributed by atoms with Crippen molar-refractivity contribution in [2.75, 3.05) is 59.5 Å². The minimum Gasteiger partial charge on any atom is -0.379 e. The molecule has 0 aromatic rings. The summed E-state index contributed by atoms with van der Waals surface area (Å²) in [5, 5.41) is 7.03. The van der Waals surface area contributed by atoms with E-state index in [4.69, 9.17) is 4.74 Å². The predicted molar refractivity (Wildman–Crippen MR) is 115 cm³/mol. The van der Waals surface area contributed by atoms with Crippen LogP contribution in [0.25, 0.3) is 0 Å². The largest absolute Gasteiger partial charge is 0.379 e. The Morgan fingerprint density at radius 2 is 1.89 bits per heavy atom. The highest BCUT2D eigenvalue weighted by Crippen LogP contribution is 2.16. The van der Waals surface area contributed by atoms with E-state index in [1.807, 2.05) is 7.05 Å². The molecule has 6 heteroatoms. The Morgan fingerprint density at radius 1 is 1.11 bits per heavy atom. The summed E-state index contributed by atoms with van der Waals surface area (Å²) in [6, 6.07) is 1.29. The fourth-order valence-electron chi connectivity index (χ4n) is 4.25. The molecule has 2 fully saturated rings. The lowest BCUT2D eigenvalue weighted by atomic mass is 10.0. The maximum atomic E-state index is 5.50. The van der Waals surface area contributed by atoms with Crippen LogP contribution in [0, 0.1) is 5.92 Å². The Labute approximate surface area is 167 Å². The molecule has 2 unspecified atom stereocenters. The number of piperidine rings is 1. The fourth-order valence-corrected chi connectivity index (χ4v) is 4.25. The normalized spacial score (nSPS) is 24.2. The van der Waals surface area contributed by atoms with Crippen molar-refractivity contribution in [3.63, 3.8) is 0 Å². The van der Waals surface area contributed by atoms with E-state index in [1.165, 1.54) is 45.2 Å². The maximum Gasteiger partial charge on any atom is 0.191 e. The summed E-state index contributed by atoms with van der Waals surface area (Å²) < 4.78 is 5.50. The third-order valence-corrected chi connectivity index (χ3v) is 6.09. The van der Waals surface area contributed by atoms with Crippen LogP contribution < -0.4 is 10.6 Å². The van der Waals surface area contributed by atoms with Gasteiger partial charge in [0.05, 0.1) is 13.2 Å². The second-order valence-electron chi connectivity index (χ2n) is 8.43. The third kappa shape index (κ3) is 7.96. The van der Waals surface area contributed by atoms with Gasteiger partial charge >= 0.3 is 0 Å². The smallest absolute Gasteiger partial charge is 0.191 e. The molecule has 2 aliphatic rings. The molecule has 2 aliphatic heterocycles. The molecular formula is C21H43N5O. The van der Waals surface area contributed by atoms with E-state index in [-0.39, 0.29) is 0 Å². The van der Waals surface area contributed by atoms with Crippen molar-refractivity contribution < 1.29 is 4.74 Å². The van der Waals surface area contributed by atoms with Crippen LogP contribution in [0.2, 0.25) is 0 Å². The monoisotopic (exact) mass is 381 g/mol. The van der Waals surface area contributed by atoms with Crippen molar-refractivity contribution in [3.05, 3.63) is 0 Å². The fraction of sp³-hybridized carbons (Fsp3) is 0.952. The van der Waals surface area contributed by atoms with Crippen LogP contribution in [0.15, 0.2) is 4.99 Å². The van der Waals surface area contributed by atoms with Crippen LogP contribution in [0.3, 0.4) is 0 Å². The number of morpholine rings is 1. The number of nitrogens with zero attached hydrogens (tertiary/aromatic N) is 3. The van der Waals surface area contributed by atoms with E-state index >= 15 is 0 Å². The predicted octanol–water partition coefficient (Wildman–Crippen LogP) is 2.16. The number of hydrogen-bond acceptors (Lipinski definition) is 4. The van der Waals surface area contributed by atoms with Gasteiger partial charge in [0.2, 0.25) is 0 Å². The van der Waals surface area contributed by atoms with Gasteiger partial charge in [-0.05, 0) is 51.6 Å². The van der Waals surface area contributed by atoms with Gasteiger partial charge in [-0.15, -0.1) is 0 Å². The van der Waals surface area contributed by atoms with Crippen LogP contribution >= 0.6 is 0 Å². The standard InChI is InChI=1S/C21H43N5O/c1-18(2)20(26-13-15-27-16-14-26)17-24-21(22-4)23-10-6-8-12-25-11-7-5-9-19(25)3/h18-20H,5-17H2,1-4H3,(H2,22,23,24). The third-order valence-electron chi connectivity index (χ3n) is 6.09. The van der Waals surface area contributed by atoms with Gasteiger partial charge in [-0.2, -0.15) is 0 Å². The molecule has 2 rings (SSSR count). The molecule has 2 N–H and O–H groups in total. The quantitative estimate of drug-likeness (QED) is 0.364. The molecule has 2 heterocycles. The number of hydrogen-bond donors (Lipinski definition) is 2. The molecule has 0 bridgehead atoms. The summed E-state index contributed by atoms with van der Waals surface area (Å²) in [5.74, 6) is 1.54. The highest BCUT2D eigenvalue weighted by Gasteiger charge is 2.23. The number of likely N-dealkylation sites (tertiary alicyclic amines) is 1. The molecule has 0 radical (unpaired) electrons. The molecule has 2 saturated heterocycles. The lowest BCUT2D eigenvalue weighted by Crippen LogP contribution is -2.52. The molecule has 27 heavy (non-hydrogen) atoms. The number of nitrogens with one attached hydrogen (secondary N) is 2. The van der Waals surface area contributed by atoms with Crippen LogP contribution in [0.4, 0.5) is 0 Å². The zero-order valence-corrected chi connectivity index (χ0v) is 18.2. The second kappa shape index (κ2) is 12.6. The van der Waals surface area contributed by atoms with Gasteiger partial charge in [-0.3, -0.25) is 9.89 Å². The highest BCUT2D eigenvalue weighted by atomic mass is 16.5. The summed E-state index contributed by atoms with van der Waals surface area (Å²) in [4.78, 5) is 9.61. The Kier molecular flexibility index (Phi) is 10.5. The van der Waals surface area contributed by atoms with Crippen molar-refractivity contribution in [3.8, 4) is 0 Å². The molecule has 0 aromatic heterocycles. The summed E-state index contributed by atoms with van der Waals surface area (Å²) in [6.45, 7) is 15.2. The first-order chi connectivity index (χ1) is 13.1. The number of guanidine groups is 1. The molecule has 2 atom stereocenters. The average molecular weight is 382 g/mol. The van der Waals surface area contributed by atoms with Crippen LogP contribution in [0.1, 0.15) is 52.9 Å². The Balaban J connectivity index is 1.62. The Morgan fingerprint density at radius 3 is 2.56 bits per heavy atom. The highest BCUT2D eigenvalue weighted by molar-refractivity contribution is 5.79. The topological polar surface area (TPSA) is 52.1 Å². The van der Waals surface area contributed by atoms with Gasteiger partial charge in [0.25, 0.3) is 0 Å². The van der Waals surface area contributed by atoms with E-state index in [0.717, 1.165) is 51.4 Å². The summed E-state index contributed by atoms with van der Waals surface area (Å²) >= 11 is 0. The van der Waals surface area contributed by atoms with Gasteiger partial charge < -0.3 is 20.3 Å². The van der Waals surface area contributed by atoms with Crippen molar-refractivity contribution in [2.45, 2.75) is 65.0 Å². The average Bonchev–Trinajstić information content (AvgIpc) is 2.68. The molecule has 0 spiro atoms. The number of rotatable bonds is 9. The van der Waals surface area contributed by atoms with Gasteiger partial charge in [0, 0.05) is 45.3 Å². The van der Waals surface area contributed by atoms with Crippen molar-refractivity contribution in [1.82, 2.24) is 20.4 Å². The van der Waals surface area contributed by atoms with Crippen molar-refractivity contribution in [2.24, 2.45) is 10.9 Å². The van der Waals surface area contributed by atoms with Crippen molar-refractivity contribution >= 4 is 5.96 Å². The number of unbranched alkanes of at least 4 members (excludes halogenated alkanes) is 1. The zero-order valence-electron chi connectivity index (χ0n) is 18.2. The zero-order chi connectivity index (χ0) is 19.5. The minimum absolute atomic E-state index is 0.521. The van der Waals surface area contributed by atoms with E-state index in [9.17, 15) is 0 Å². The number of ether oxygens (including phenoxy) is 1. The summed E-state index contributed by atoms with van der Waals surface area (Å²) in [7, 11) is 1.86. The molecule has 6 nitrogen and oxygen atoms in total. The van der Waals surface area contributed by atoms with Crippen LogP contribution in [0.5, 0.6) is 0 Å². The van der Waals surface area contributed by atoms with E-state index in [2.05, 4.69) is 46.2 Å².